The van der Waals surface area contributed by atoms with E-state index in [4.69, 9.17) is 4.74 Å². The number of nitrogens with one attached hydrogen (secondary N) is 2. The number of aromatic nitrogens is 3. The van der Waals surface area contributed by atoms with E-state index < -0.39 is 42.3 Å². The number of aryl methyl sites for hydroxylation is 1. The van der Waals surface area contributed by atoms with Crippen LogP contribution in [0.4, 0.5) is 45.1 Å². The lowest BCUT2D eigenvalue weighted by Crippen LogP contribution is -2.44. The predicted molar refractivity (Wildman–Crippen MR) is 132 cm³/mol. The number of piperidine rings is 1. The lowest BCUT2D eigenvalue weighted by Gasteiger charge is -2.31. The minimum atomic E-state index is -3.18. The monoisotopic (exact) mass is 536 g/mol. The number of rotatable bonds is 4. The zero-order valence-electron chi connectivity index (χ0n) is 20.4. The molecule has 3 aliphatic rings. The van der Waals surface area contributed by atoms with Gasteiger partial charge in [-0.05, 0) is 43.4 Å². The second kappa shape index (κ2) is 8.98. The number of fused-ring (bicyclic) bond motifs is 3. The van der Waals surface area contributed by atoms with Crippen molar-refractivity contribution in [1.29, 1.82) is 0 Å². The zero-order chi connectivity index (χ0) is 26.8. The van der Waals surface area contributed by atoms with E-state index in [1.54, 1.807) is 18.2 Å². The Labute approximate surface area is 213 Å². The van der Waals surface area contributed by atoms with E-state index in [-0.39, 0.29) is 48.6 Å². The summed E-state index contributed by atoms with van der Waals surface area (Å²) in [5.74, 6) is -4.55. The van der Waals surface area contributed by atoms with Crippen molar-refractivity contribution in [3.05, 3.63) is 40.6 Å². The van der Waals surface area contributed by atoms with Crippen LogP contribution in [0.5, 0.6) is 5.75 Å². The second-order valence-corrected chi connectivity index (χ2v) is 10.1. The number of nitrogens with zero attached hydrogens (tertiary/aromatic N) is 4. The average molecular weight is 537 g/mol. The number of benzene rings is 1. The molecule has 2 aliphatic heterocycles. The van der Waals surface area contributed by atoms with E-state index in [0.29, 0.717) is 29.4 Å². The van der Waals surface area contributed by atoms with Gasteiger partial charge in [0, 0.05) is 24.7 Å². The molecule has 3 aromatic rings. The predicted octanol–water partition coefficient (Wildman–Crippen LogP) is 4.32. The maximum atomic E-state index is 14.9. The van der Waals surface area contributed by atoms with Crippen LogP contribution in [0, 0.1) is 11.7 Å². The molecule has 1 saturated heterocycles. The lowest BCUT2D eigenvalue weighted by molar-refractivity contribution is -0.0579. The van der Waals surface area contributed by atoms with Crippen molar-refractivity contribution < 1.29 is 26.7 Å². The highest BCUT2D eigenvalue weighted by Crippen LogP contribution is 2.45. The fraction of sp³-hybridized carbons (Fsp3) is 0.480. The van der Waals surface area contributed by atoms with E-state index in [0.717, 1.165) is 6.20 Å². The molecule has 1 saturated carbocycles. The third kappa shape index (κ3) is 4.27. The molecule has 3 atom stereocenters. The molecule has 38 heavy (non-hydrogen) atoms. The molecule has 2 N–H and O–H groups in total. The molecule has 0 radical (unpaired) electrons. The summed E-state index contributed by atoms with van der Waals surface area (Å²) in [5.41, 5.74) is 0.422. The number of hydrogen-bond donors (Lipinski definition) is 2. The molecule has 2 fully saturated rings. The molecule has 4 heterocycles. The summed E-state index contributed by atoms with van der Waals surface area (Å²) in [6.07, 6.45) is -1.05. The van der Waals surface area contributed by atoms with Gasteiger partial charge in [-0.15, -0.1) is 0 Å². The van der Waals surface area contributed by atoms with Crippen LogP contribution in [0.2, 0.25) is 0 Å². The van der Waals surface area contributed by atoms with Crippen molar-refractivity contribution in [2.24, 2.45) is 13.0 Å². The number of ether oxygens (including phenoxy) is 1. The molecule has 2 aromatic heterocycles. The number of alkyl halides is 4. The Morgan fingerprint density at radius 3 is 2.71 bits per heavy atom. The van der Waals surface area contributed by atoms with Crippen LogP contribution < -0.4 is 25.8 Å². The summed E-state index contributed by atoms with van der Waals surface area (Å²) in [6, 6.07) is 3.60. The number of hydrogen-bond acceptors (Lipinski definition) is 7. The minimum Gasteiger partial charge on any atom is -0.480 e. The maximum absolute atomic E-state index is 14.9. The van der Waals surface area contributed by atoms with Crippen molar-refractivity contribution in [2.75, 3.05) is 35.2 Å². The number of pyridine rings is 1. The largest absolute Gasteiger partial charge is 0.480 e. The van der Waals surface area contributed by atoms with Crippen molar-refractivity contribution >= 4 is 34.0 Å². The Kier molecular flexibility index (Phi) is 5.84. The fourth-order valence-electron chi connectivity index (χ4n) is 5.08. The Morgan fingerprint density at radius 2 is 1.97 bits per heavy atom. The first-order valence-corrected chi connectivity index (χ1v) is 12.4. The third-order valence-electron chi connectivity index (χ3n) is 7.35. The molecule has 0 amide bonds. The summed E-state index contributed by atoms with van der Waals surface area (Å²) < 4.78 is 78.5. The Balaban J connectivity index is 1.37. The van der Waals surface area contributed by atoms with E-state index in [1.165, 1.54) is 16.5 Å². The molecule has 8 nitrogen and oxygen atoms in total. The Morgan fingerprint density at radius 1 is 1.18 bits per heavy atom. The van der Waals surface area contributed by atoms with Crippen molar-refractivity contribution in [1.82, 2.24) is 14.5 Å². The second-order valence-electron chi connectivity index (χ2n) is 10.1. The van der Waals surface area contributed by atoms with Crippen molar-refractivity contribution in [2.45, 2.75) is 43.6 Å². The molecule has 1 aliphatic carbocycles. The Hall–Kier alpha value is -3.64. The van der Waals surface area contributed by atoms with Crippen LogP contribution in [0.3, 0.4) is 0 Å². The molecular formula is C25H25F5N6O2. The quantitative estimate of drug-likeness (QED) is 0.481. The zero-order valence-corrected chi connectivity index (χ0v) is 20.4. The van der Waals surface area contributed by atoms with Gasteiger partial charge in [0.1, 0.15) is 12.3 Å². The highest BCUT2D eigenvalue weighted by molar-refractivity contribution is 5.97. The van der Waals surface area contributed by atoms with Gasteiger partial charge in [0.25, 0.3) is 5.56 Å². The molecule has 202 valence electrons. The van der Waals surface area contributed by atoms with Gasteiger partial charge in [-0.1, -0.05) is 0 Å². The van der Waals surface area contributed by atoms with E-state index >= 15 is 0 Å². The standard InChI is InChI=1S/C25H25F5N6O2/c1-35-18-5-4-13(32-22-16(27)9-31-24(34-22)36-7-6-15(26)17(28)10-36)8-14(18)19-20(23(35)37)38-11-25(29,30)21(33-19)12-2-3-12/h4-5,8-9,12,15,17,21,33H,2-3,6-7,10-11H2,1H3,(H,31,32,34)/t15-,17+,21+/m1/s1. The highest BCUT2D eigenvalue weighted by atomic mass is 19.3. The summed E-state index contributed by atoms with van der Waals surface area (Å²) in [4.78, 5) is 22.5. The first-order valence-electron chi connectivity index (χ1n) is 12.4. The first kappa shape index (κ1) is 24.7. The first-order chi connectivity index (χ1) is 18.1. The van der Waals surface area contributed by atoms with E-state index in [9.17, 15) is 26.7 Å². The molecule has 0 unspecified atom stereocenters. The molecule has 0 spiro atoms. The van der Waals surface area contributed by atoms with Crippen LogP contribution in [0.1, 0.15) is 19.3 Å². The van der Waals surface area contributed by atoms with Gasteiger partial charge in [-0.2, -0.15) is 4.98 Å². The summed E-state index contributed by atoms with van der Waals surface area (Å²) in [5, 5.41) is 6.18. The average Bonchev–Trinajstić information content (AvgIpc) is 3.73. The summed E-state index contributed by atoms with van der Waals surface area (Å²) in [7, 11) is 1.51. The number of anilines is 4. The smallest absolute Gasteiger partial charge is 0.301 e. The number of halogens is 5. The van der Waals surface area contributed by atoms with Gasteiger partial charge in [0.2, 0.25) is 11.7 Å². The summed E-state index contributed by atoms with van der Waals surface area (Å²) in [6.45, 7) is -0.983. The topological polar surface area (TPSA) is 84.3 Å². The highest BCUT2D eigenvalue weighted by Gasteiger charge is 2.51. The van der Waals surface area contributed by atoms with Gasteiger partial charge < -0.3 is 24.8 Å². The fourth-order valence-corrected chi connectivity index (χ4v) is 5.08. The molecule has 0 bridgehead atoms. The van der Waals surface area contributed by atoms with Crippen molar-refractivity contribution in [3.8, 4) is 5.75 Å². The van der Waals surface area contributed by atoms with Crippen molar-refractivity contribution in [3.63, 3.8) is 0 Å². The normalized spacial score (nSPS) is 24.8. The molecule has 1 aromatic carbocycles. The van der Waals surface area contributed by atoms with E-state index in [1.807, 2.05) is 0 Å². The van der Waals surface area contributed by atoms with Gasteiger partial charge in [0.15, 0.2) is 18.2 Å². The van der Waals surface area contributed by atoms with Gasteiger partial charge in [-0.3, -0.25) is 4.79 Å². The molecular weight excluding hydrogens is 511 g/mol. The summed E-state index contributed by atoms with van der Waals surface area (Å²) >= 11 is 0. The van der Waals surface area contributed by atoms with Crippen LogP contribution in [-0.2, 0) is 7.05 Å². The third-order valence-corrected chi connectivity index (χ3v) is 7.35. The molecule has 13 heteroatoms. The minimum absolute atomic E-state index is 0.0326. The van der Waals surface area contributed by atoms with Crippen LogP contribution in [-0.4, -0.2) is 58.5 Å². The van der Waals surface area contributed by atoms with Gasteiger partial charge in [0.05, 0.1) is 30.0 Å². The van der Waals surface area contributed by atoms with Gasteiger partial charge in [-0.25, -0.2) is 26.9 Å². The van der Waals surface area contributed by atoms with Crippen LogP contribution >= 0.6 is 0 Å². The molecule has 6 rings (SSSR count). The van der Waals surface area contributed by atoms with Crippen LogP contribution in [0.15, 0.2) is 29.2 Å². The Bertz CT molecular complexity index is 1460. The lowest BCUT2D eigenvalue weighted by atomic mass is 10.0. The van der Waals surface area contributed by atoms with Gasteiger partial charge >= 0.3 is 5.92 Å². The maximum Gasteiger partial charge on any atom is 0.301 e. The van der Waals surface area contributed by atoms with Crippen LogP contribution in [0.25, 0.3) is 10.9 Å². The van der Waals surface area contributed by atoms with E-state index in [2.05, 4.69) is 20.6 Å². The SMILES string of the molecule is Cn1c(=O)c2c(c3cc(Nc4nc(N5CC[C@@H](F)[C@@H](F)C5)ncc4F)ccc31)N[C@@H](C1CC1)C(F)(F)CO2.